The van der Waals surface area contributed by atoms with Crippen molar-refractivity contribution >= 4 is 6.08 Å². The molecule has 0 amide bonds. The van der Waals surface area contributed by atoms with E-state index in [9.17, 15) is 0 Å². The molecule has 4 heteroatoms. The topological polar surface area (TPSA) is 36.9 Å². The van der Waals surface area contributed by atoms with Crippen molar-refractivity contribution in [1.82, 2.24) is 0 Å². The van der Waals surface area contributed by atoms with Gasteiger partial charge in [-0.15, -0.1) is 0 Å². The van der Waals surface area contributed by atoms with Gasteiger partial charge in [-0.05, 0) is 78.3 Å². The van der Waals surface area contributed by atoms with Crippen molar-refractivity contribution in [2.75, 3.05) is 0 Å². The van der Waals surface area contributed by atoms with Crippen molar-refractivity contribution in [3.8, 4) is 23.0 Å². The molecule has 0 spiro atoms. The molecule has 0 N–H and O–H groups in total. The summed E-state index contributed by atoms with van der Waals surface area (Å²) >= 11 is 0. The fourth-order valence-corrected chi connectivity index (χ4v) is 5.89. The lowest BCUT2D eigenvalue weighted by atomic mass is 9.96. The molecule has 6 aromatic carbocycles. The van der Waals surface area contributed by atoms with Crippen LogP contribution in [0, 0.1) is 20.8 Å². The molecule has 6 rings (SSSR count). The highest BCUT2D eigenvalue weighted by Gasteiger charge is 2.19. The van der Waals surface area contributed by atoms with Gasteiger partial charge in [-0.2, -0.15) is 0 Å². The van der Waals surface area contributed by atoms with Gasteiger partial charge in [0.2, 0.25) is 0 Å². The predicted octanol–water partition coefficient (Wildman–Crippen LogP) is 11.2. The number of hydrogen-bond acceptors (Lipinski definition) is 4. The van der Waals surface area contributed by atoms with Crippen LogP contribution in [0.4, 0.5) is 0 Å². The Balaban J connectivity index is 1.28. The smallest absolute Gasteiger partial charge is 0.130 e. The Bertz CT molecular complexity index is 1920. The zero-order valence-corrected chi connectivity index (χ0v) is 29.1. The Morgan fingerprint density at radius 1 is 0.400 bits per heavy atom. The number of hydrogen-bond donors (Lipinski definition) is 0. The third-order valence-corrected chi connectivity index (χ3v) is 8.76. The fraction of sp³-hybridized carbons (Fsp3) is 0.174. The molecule has 0 atom stereocenters. The second-order valence-corrected chi connectivity index (χ2v) is 12.5. The van der Waals surface area contributed by atoms with Crippen molar-refractivity contribution in [3.63, 3.8) is 0 Å². The lowest BCUT2D eigenvalue weighted by Crippen LogP contribution is -2.06. The van der Waals surface area contributed by atoms with E-state index < -0.39 is 0 Å². The summed E-state index contributed by atoms with van der Waals surface area (Å²) in [5.74, 6) is 3.31. The van der Waals surface area contributed by atoms with Crippen molar-refractivity contribution in [3.05, 3.63) is 196 Å². The van der Waals surface area contributed by atoms with E-state index in [4.69, 9.17) is 18.9 Å². The van der Waals surface area contributed by atoms with Gasteiger partial charge in [0.1, 0.15) is 49.4 Å². The van der Waals surface area contributed by atoms with E-state index in [-0.39, 0.29) is 0 Å². The zero-order chi connectivity index (χ0) is 34.5. The zero-order valence-electron chi connectivity index (χ0n) is 29.1. The lowest BCUT2D eigenvalue weighted by molar-refractivity contribution is 0.289. The van der Waals surface area contributed by atoms with Crippen LogP contribution in [-0.2, 0) is 32.8 Å². The van der Waals surface area contributed by atoms with E-state index in [1.165, 1.54) is 0 Å². The molecule has 4 nitrogen and oxygen atoms in total. The molecule has 0 fully saturated rings. The minimum absolute atomic E-state index is 0.480. The van der Waals surface area contributed by atoms with E-state index in [0.29, 0.717) is 32.8 Å². The van der Waals surface area contributed by atoms with Crippen molar-refractivity contribution in [2.45, 2.75) is 53.6 Å². The molecule has 6 aromatic rings. The molecular formula is C46H44O4. The lowest BCUT2D eigenvalue weighted by Gasteiger charge is -2.21. The Morgan fingerprint density at radius 3 is 1.22 bits per heavy atom. The molecule has 50 heavy (non-hydrogen) atoms. The highest BCUT2D eigenvalue weighted by atomic mass is 16.5. The first-order chi connectivity index (χ1) is 24.5. The quantitative estimate of drug-likeness (QED) is 0.110. The Kier molecular flexibility index (Phi) is 11.7. The summed E-state index contributed by atoms with van der Waals surface area (Å²) in [6.07, 6.45) is 5.03. The molecule has 0 saturated carbocycles. The third-order valence-electron chi connectivity index (χ3n) is 8.76. The molecule has 0 bridgehead atoms. The van der Waals surface area contributed by atoms with E-state index in [0.717, 1.165) is 73.1 Å². The Morgan fingerprint density at radius 2 is 0.780 bits per heavy atom. The summed E-state index contributed by atoms with van der Waals surface area (Å²) < 4.78 is 25.6. The van der Waals surface area contributed by atoms with Crippen LogP contribution in [0.15, 0.2) is 146 Å². The van der Waals surface area contributed by atoms with Crippen LogP contribution in [0.1, 0.15) is 50.1 Å². The van der Waals surface area contributed by atoms with Gasteiger partial charge in [0.25, 0.3) is 0 Å². The number of ether oxygens (including phenoxy) is 4. The van der Waals surface area contributed by atoms with Crippen LogP contribution in [0.3, 0.4) is 0 Å². The molecule has 0 aliphatic heterocycles. The number of benzene rings is 6. The van der Waals surface area contributed by atoms with Crippen LogP contribution in [0.2, 0.25) is 0 Å². The summed E-state index contributed by atoms with van der Waals surface area (Å²) in [6, 6.07) is 47.1. The molecule has 0 aromatic heterocycles. The summed E-state index contributed by atoms with van der Waals surface area (Å²) in [7, 11) is 0. The molecule has 252 valence electrons. The molecule has 0 heterocycles. The molecule has 0 radical (unpaired) electrons. The van der Waals surface area contributed by atoms with E-state index in [1.54, 1.807) is 0 Å². The van der Waals surface area contributed by atoms with Crippen LogP contribution in [0.25, 0.3) is 6.08 Å². The highest BCUT2D eigenvalue weighted by molar-refractivity contribution is 5.69. The average molecular weight is 661 g/mol. The number of allylic oxidation sites excluding steroid dienone is 1. The maximum atomic E-state index is 6.58. The summed E-state index contributed by atoms with van der Waals surface area (Å²) in [5.41, 5.74) is 9.79. The van der Waals surface area contributed by atoms with E-state index in [1.807, 2.05) is 78.9 Å². The molecule has 0 saturated heterocycles. The summed E-state index contributed by atoms with van der Waals surface area (Å²) in [4.78, 5) is 0. The van der Waals surface area contributed by atoms with E-state index in [2.05, 4.69) is 93.6 Å². The van der Waals surface area contributed by atoms with Crippen molar-refractivity contribution in [2.24, 2.45) is 0 Å². The number of rotatable bonds is 15. The average Bonchev–Trinajstić information content (AvgIpc) is 3.16. The van der Waals surface area contributed by atoms with Crippen LogP contribution in [0.5, 0.6) is 23.0 Å². The first-order valence-corrected chi connectivity index (χ1v) is 17.1. The van der Waals surface area contributed by atoms with Gasteiger partial charge in [-0.1, -0.05) is 133 Å². The van der Waals surface area contributed by atoms with Crippen molar-refractivity contribution < 1.29 is 18.9 Å². The fourth-order valence-electron chi connectivity index (χ4n) is 5.89. The summed E-state index contributed by atoms with van der Waals surface area (Å²) in [6.45, 7) is 8.29. The first kappa shape index (κ1) is 34.1. The SMILES string of the molecule is Cc1c(C)c(OCc2ccccc2)c(C=CCc2cc(OCc3ccccc3)cc(OCc3ccccc3)c2)c(C)c1OCc1ccccc1. The maximum Gasteiger partial charge on any atom is 0.130 e. The van der Waals surface area contributed by atoms with Gasteiger partial charge in [-0.3, -0.25) is 0 Å². The largest absolute Gasteiger partial charge is 0.489 e. The first-order valence-electron chi connectivity index (χ1n) is 17.1. The molecule has 0 unspecified atom stereocenters. The third kappa shape index (κ3) is 9.24. The minimum Gasteiger partial charge on any atom is -0.489 e. The van der Waals surface area contributed by atoms with Crippen LogP contribution >= 0.6 is 0 Å². The normalized spacial score (nSPS) is 11.0. The standard InChI is InChI=1S/C46H44O4/c1-34-35(2)46(50-33-40-23-14-7-15-24-40)44(36(3)45(34)49-32-39-21-12-6-13-22-39)26-16-25-41-27-42(47-30-37-17-8-4-9-18-37)29-43(28-41)48-31-38-19-10-5-11-20-38/h4-24,26-29H,25,30-33H2,1-3H3. The minimum atomic E-state index is 0.480. The van der Waals surface area contributed by atoms with Crippen LogP contribution < -0.4 is 18.9 Å². The highest BCUT2D eigenvalue weighted by Crippen LogP contribution is 2.39. The molecular weight excluding hydrogens is 617 g/mol. The van der Waals surface area contributed by atoms with Gasteiger partial charge in [0.15, 0.2) is 0 Å². The van der Waals surface area contributed by atoms with Crippen molar-refractivity contribution in [1.29, 1.82) is 0 Å². The second-order valence-electron chi connectivity index (χ2n) is 12.5. The predicted molar refractivity (Wildman–Crippen MR) is 203 cm³/mol. The van der Waals surface area contributed by atoms with Gasteiger partial charge in [-0.25, -0.2) is 0 Å². The second kappa shape index (κ2) is 17.1. The molecule has 0 aliphatic rings. The van der Waals surface area contributed by atoms with E-state index >= 15 is 0 Å². The Hall–Kier alpha value is -5.74. The summed E-state index contributed by atoms with van der Waals surface area (Å²) in [5, 5.41) is 0. The van der Waals surface area contributed by atoms with Gasteiger partial charge < -0.3 is 18.9 Å². The van der Waals surface area contributed by atoms with Gasteiger partial charge >= 0.3 is 0 Å². The van der Waals surface area contributed by atoms with Crippen LogP contribution in [-0.4, -0.2) is 0 Å². The maximum absolute atomic E-state index is 6.58. The van der Waals surface area contributed by atoms with Gasteiger partial charge in [0.05, 0.1) is 0 Å². The monoisotopic (exact) mass is 660 g/mol. The molecule has 0 aliphatic carbocycles. The van der Waals surface area contributed by atoms with Gasteiger partial charge in [0, 0.05) is 17.2 Å². The Labute approximate surface area is 296 Å².